The SMILES string of the molecule is Cc1c(Cl)cccc1N1CCNCC1c1ccccc1. The Morgan fingerprint density at radius 2 is 1.90 bits per heavy atom. The molecule has 3 rings (SSSR count). The minimum absolute atomic E-state index is 0.363. The second-order valence-electron chi connectivity index (χ2n) is 5.21. The van der Waals surface area contributed by atoms with Crippen molar-refractivity contribution >= 4 is 17.3 Å². The Labute approximate surface area is 125 Å². The Hall–Kier alpha value is -1.51. The molecule has 0 aliphatic carbocycles. The number of nitrogens with zero attached hydrogens (tertiary/aromatic N) is 1. The molecule has 0 aromatic heterocycles. The molecular weight excluding hydrogens is 268 g/mol. The average molecular weight is 287 g/mol. The highest BCUT2D eigenvalue weighted by Crippen LogP contribution is 2.33. The van der Waals surface area contributed by atoms with Gasteiger partial charge in [-0.15, -0.1) is 0 Å². The molecule has 104 valence electrons. The van der Waals surface area contributed by atoms with Gasteiger partial charge in [-0.3, -0.25) is 0 Å². The molecule has 1 saturated heterocycles. The van der Waals surface area contributed by atoms with Gasteiger partial charge in [-0.2, -0.15) is 0 Å². The summed E-state index contributed by atoms with van der Waals surface area (Å²) in [6.45, 7) is 5.08. The summed E-state index contributed by atoms with van der Waals surface area (Å²) in [4.78, 5) is 2.47. The predicted octanol–water partition coefficient (Wildman–Crippen LogP) is 3.80. The Balaban J connectivity index is 1.99. The van der Waals surface area contributed by atoms with E-state index in [1.165, 1.54) is 11.3 Å². The summed E-state index contributed by atoms with van der Waals surface area (Å²) in [5.41, 5.74) is 3.75. The number of halogens is 1. The maximum Gasteiger partial charge on any atom is 0.0667 e. The molecular formula is C17H19ClN2. The normalized spacial score (nSPS) is 19.1. The van der Waals surface area contributed by atoms with Crippen molar-refractivity contribution in [1.29, 1.82) is 0 Å². The van der Waals surface area contributed by atoms with Crippen molar-refractivity contribution in [3.8, 4) is 0 Å². The average Bonchev–Trinajstić information content (AvgIpc) is 2.51. The molecule has 0 amide bonds. The van der Waals surface area contributed by atoms with E-state index in [4.69, 9.17) is 11.6 Å². The molecule has 2 aromatic rings. The Morgan fingerprint density at radius 3 is 2.70 bits per heavy atom. The van der Waals surface area contributed by atoms with Gasteiger partial charge in [-0.05, 0) is 30.2 Å². The number of nitrogens with one attached hydrogen (secondary N) is 1. The van der Waals surface area contributed by atoms with E-state index in [0.717, 1.165) is 30.2 Å². The lowest BCUT2D eigenvalue weighted by molar-refractivity contribution is 0.489. The van der Waals surface area contributed by atoms with Gasteiger partial charge in [0, 0.05) is 30.3 Å². The summed E-state index contributed by atoms with van der Waals surface area (Å²) in [6, 6.07) is 17.2. The molecule has 0 bridgehead atoms. The summed E-state index contributed by atoms with van der Waals surface area (Å²) in [7, 11) is 0. The van der Waals surface area contributed by atoms with Gasteiger partial charge in [0.15, 0.2) is 0 Å². The number of hydrogen-bond acceptors (Lipinski definition) is 2. The van der Waals surface area contributed by atoms with Gasteiger partial charge in [0.1, 0.15) is 0 Å². The fraction of sp³-hybridized carbons (Fsp3) is 0.294. The van der Waals surface area contributed by atoms with Crippen molar-refractivity contribution in [3.05, 3.63) is 64.7 Å². The second kappa shape index (κ2) is 5.86. The molecule has 1 aliphatic rings. The topological polar surface area (TPSA) is 15.3 Å². The summed E-state index contributed by atoms with van der Waals surface area (Å²) < 4.78 is 0. The van der Waals surface area contributed by atoms with E-state index in [1.54, 1.807) is 0 Å². The zero-order chi connectivity index (χ0) is 13.9. The zero-order valence-electron chi connectivity index (χ0n) is 11.6. The fourth-order valence-electron chi connectivity index (χ4n) is 2.87. The minimum atomic E-state index is 0.363. The van der Waals surface area contributed by atoms with Crippen molar-refractivity contribution in [2.24, 2.45) is 0 Å². The zero-order valence-corrected chi connectivity index (χ0v) is 12.4. The third-order valence-corrected chi connectivity index (χ3v) is 4.39. The van der Waals surface area contributed by atoms with Crippen LogP contribution in [0.4, 0.5) is 5.69 Å². The van der Waals surface area contributed by atoms with Crippen LogP contribution in [0.2, 0.25) is 5.02 Å². The van der Waals surface area contributed by atoms with Crippen molar-refractivity contribution in [2.45, 2.75) is 13.0 Å². The largest absolute Gasteiger partial charge is 0.362 e. The van der Waals surface area contributed by atoms with Crippen LogP contribution in [-0.2, 0) is 0 Å². The summed E-state index contributed by atoms with van der Waals surface area (Å²) in [5.74, 6) is 0. The van der Waals surface area contributed by atoms with Crippen LogP contribution in [0.1, 0.15) is 17.2 Å². The molecule has 1 fully saturated rings. The number of anilines is 1. The van der Waals surface area contributed by atoms with Crippen LogP contribution < -0.4 is 10.2 Å². The van der Waals surface area contributed by atoms with Crippen LogP contribution >= 0.6 is 11.6 Å². The fourth-order valence-corrected chi connectivity index (χ4v) is 3.04. The molecule has 0 saturated carbocycles. The van der Waals surface area contributed by atoms with Crippen LogP contribution in [0.15, 0.2) is 48.5 Å². The monoisotopic (exact) mass is 286 g/mol. The highest BCUT2D eigenvalue weighted by atomic mass is 35.5. The molecule has 2 aromatic carbocycles. The third kappa shape index (κ3) is 2.54. The van der Waals surface area contributed by atoms with Gasteiger partial charge in [-0.25, -0.2) is 0 Å². The Kier molecular flexibility index (Phi) is 3.95. The summed E-state index contributed by atoms with van der Waals surface area (Å²) >= 11 is 6.28. The van der Waals surface area contributed by atoms with Gasteiger partial charge in [0.2, 0.25) is 0 Å². The number of benzene rings is 2. The van der Waals surface area contributed by atoms with Crippen molar-refractivity contribution in [3.63, 3.8) is 0 Å². The molecule has 1 heterocycles. The molecule has 0 spiro atoms. The van der Waals surface area contributed by atoms with E-state index < -0.39 is 0 Å². The van der Waals surface area contributed by atoms with Crippen molar-refractivity contribution < 1.29 is 0 Å². The molecule has 1 aliphatic heterocycles. The molecule has 1 N–H and O–H groups in total. The maximum absolute atomic E-state index is 6.28. The highest BCUT2D eigenvalue weighted by molar-refractivity contribution is 6.31. The van der Waals surface area contributed by atoms with E-state index >= 15 is 0 Å². The first-order chi connectivity index (χ1) is 9.77. The maximum atomic E-state index is 6.28. The number of hydrogen-bond donors (Lipinski definition) is 1. The van der Waals surface area contributed by atoms with Crippen molar-refractivity contribution in [2.75, 3.05) is 24.5 Å². The lowest BCUT2D eigenvalue weighted by Crippen LogP contribution is -2.46. The standard InChI is InChI=1S/C17H19ClN2/c1-13-15(18)8-5-9-16(13)20-11-10-19-12-17(20)14-6-3-2-4-7-14/h2-9,17,19H,10-12H2,1H3. The van der Waals surface area contributed by atoms with Gasteiger partial charge >= 0.3 is 0 Å². The van der Waals surface area contributed by atoms with E-state index in [9.17, 15) is 0 Å². The van der Waals surface area contributed by atoms with E-state index in [2.05, 4.69) is 53.5 Å². The van der Waals surface area contributed by atoms with Gasteiger partial charge in [0.05, 0.1) is 6.04 Å². The lowest BCUT2D eigenvalue weighted by Gasteiger charge is -2.39. The predicted molar refractivity (Wildman–Crippen MR) is 85.6 cm³/mol. The van der Waals surface area contributed by atoms with Crippen LogP contribution in [0.3, 0.4) is 0 Å². The smallest absolute Gasteiger partial charge is 0.0667 e. The molecule has 3 heteroatoms. The first kappa shape index (κ1) is 13.5. The first-order valence-electron chi connectivity index (χ1n) is 7.05. The van der Waals surface area contributed by atoms with E-state index in [0.29, 0.717) is 6.04 Å². The number of rotatable bonds is 2. The minimum Gasteiger partial charge on any atom is -0.362 e. The van der Waals surface area contributed by atoms with Crippen LogP contribution in [0.5, 0.6) is 0 Å². The summed E-state index contributed by atoms with van der Waals surface area (Å²) in [5, 5.41) is 4.33. The molecule has 0 radical (unpaired) electrons. The molecule has 2 nitrogen and oxygen atoms in total. The molecule has 20 heavy (non-hydrogen) atoms. The highest BCUT2D eigenvalue weighted by Gasteiger charge is 2.25. The summed E-state index contributed by atoms with van der Waals surface area (Å²) in [6.07, 6.45) is 0. The van der Waals surface area contributed by atoms with Crippen LogP contribution in [-0.4, -0.2) is 19.6 Å². The van der Waals surface area contributed by atoms with E-state index in [-0.39, 0.29) is 0 Å². The van der Waals surface area contributed by atoms with Gasteiger partial charge in [-0.1, -0.05) is 48.0 Å². The molecule has 1 atom stereocenters. The van der Waals surface area contributed by atoms with Gasteiger partial charge < -0.3 is 10.2 Å². The number of piperazine rings is 1. The van der Waals surface area contributed by atoms with Crippen molar-refractivity contribution in [1.82, 2.24) is 5.32 Å². The Morgan fingerprint density at radius 1 is 1.10 bits per heavy atom. The first-order valence-corrected chi connectivity index (χ1v) is 7.42. The third-order valence-electron chi connectivity index (χ3n) is 3.98. The second-order valence-corrected chi connectivity index (χ2v) is 5.62. The van der Waals surface area contributed by atoms with Crippen LogP contribution in [0, 0.1) is 6.92 Å². The van der Waals surface area contributed by atoms with Gasteiger partial charge in [0.25, 0.3) is 0 Å². The van der Waals surface area contributed by atoms with E-state index in [1.807, 2.05) is 12.1 Å². The lowest BCUT2D eigenvalue weighted by atomic mass is 10.0. The van der Waals surface area contributed by atoms with Crippen LogP contribution in [0.25, 0.3) is 0 Å². The molecule has 1 unspecified atom stereocenters. The Bertz CT molecular complexity index is 583. The quantitative estimate of drug-likeness (QED) is 0.903.